The van der Waals surface area contributed by atoms with Gasteiger partial charge in [0, 0.05) is 52.6 Å². The second-order valence-electron chi connectivity index (χ2n) is 18.4. The monoisotopic (exact) mass is 1060 g/mol. The second-order valence-corrected chi connectivity index (χ2v) is 23.5. The summed E-state index contributed by atoms with van der Waals surface area (Å²) < 4.78 is 34.6. The molecule has 0 saturated heterocycles. The molecule has 7 aromatic carbocycles. The van der Waals surface area contributed by atoms with E-state index < -0.39 is 14.9 Å². The summed E-state index contributed by atoms with van der Waals surface area (Å²) in [5.74, 6) is 1.11. The molecule has 0 atom stereocenters. The summed E-state index contributed by atoms with van der Waals surface area (Å²) in [5, 5.41) is 5.32. The summed E-state index contributed by atoms with van der Waals surface area (Å²) in [5.41, 5.74) is 12.2. The first-order valence-electron chi connectivity index (χ1n) is 23.9. The summed E-state index contributed by atoms with van der Waals surface area (Å²) in [4.78, 5) is 14.7. The zero-order valence-corrected chi connectivity index (χ0v) is 41.6. The number of benzene rings is 7. The maximum atomic E-state index is 8.46. The van der Waals surface area contributed by atoms with Gasteiger partial charge in [0.15, 0.2) is 0 Å². The van der Waals surface area contributed by atoms with E-state index >= 15 is 0 Å². The number of imidazole rings is 1. The Morgan fingerprint density at radius 3 is 2.08 bits per heavy atom. The van der Waals surface area contributed by atoms with Gasteiger partial charge in [0.1, 0.15) is 5.58 Å². The Kier molecular flexibility index (Phi) is 11.2. The van der Waals surface area contributed by atoms with Crippen molar-refractivity contribution in [3.63, 3.8) is 0 Å². The third kappa shape index (κ3) is 8.10. The number of aromatic nitrogens is 4. The first-order chi connectivity index (χ1) is 32.7. The molecule has 7 heteroatoms. The van der Waals surface area contributed by atoms with Gasteiger partial charge in [-0.25, -0.2) is 0 Å². The number of furan rings is 1. The van der Waals surface area contributed by atoms with Crippen molar-refractivity contribution < 1.29 is 28.6 Å². The van der Waals surface area contributed by atoms with E-state index in [2.05, 4.69) is 130 Å². The summed E-state index contributed by atoms with van der Waals surface area (Å²) >= 11 is 0. The molecule has 0 aliphatic rings. The Balaban J connectivity index is 0.000000296. The third-order valence-corrected chi connectivity index (χ3v) is 14.4. The molecule has 11 rings (SSSR count). The minimum absolute atomic E-state index is 0. The van der Waals surface area contributed by atoms with Gasteiger partial charge in [-0.15, -0.1) is 54.1 Å². The first kappa shape index (κ1) is 41.0. The molecule has 66 heavy (non-hydrogen) atoms. The first-order valence-corrected chi connectivity index (χ1v) is 25.9. The van der Waals surface area contributed by atoms with Crippen LogP contribution in [0.3, 0.4) is 0 Å². The van der Waals surface area contributed by atoms with E-state index in [4.69, 9.17) is 18.5 Å². The third-order valence-electron chi connectivity index (χ3n) is 12.4. The van der Waals surface area contributed by atoms with Crippen LogP contribution >= 0.6 is 0 Å². The van der Waals surface area contributed by atoms with Gasteiger partial charge >= 0.3 is 0 Å². The van der Waals surface area contributed by atoms with Gasteiger partial charge in [0.2, 0.25) is 0 Å². The van der Waals surface area contributed by atoms with Gasteiger partial charge in [-0.3, -0.25) is 9.97 Å². The number of hydrogen-bond acceptors (Lipinski definition) is 4. The number of pyridine rings is 2. The Morgan fingerprint density at radius 2 is 1.38 bits per heavy atom. The molecule has 0 fully saturated rings. The van der Waals surface area contributed by atoms with Crippen molar-refractivity contribution in [2.75, 3.05) is 0 Å². The number of para-hydroxylation sites is 2. The molecular formula is C59H52IrN4OSi-2. The van der Waals surface area contributed by atoms with E-state index in [1.54, 1.807) is 0 Å². The van der Waals surface area contributed by atoms with Crippen molar-refractivity contribution in [2.24, 2.45) is 0 Å². The van der Waals surface area contributed by atoms with Crippen molar-refractivity contribution in [2.45, 2.75) is 66.0 Å². The van der Waals surface area contributed by atoms with Crippen LogP contribution < -0.4 is 5.19 Å². The number of nitrogens with zero attached hydrogens (tertiary/aromatic N) is 4. The summed E-state index contributed by atoms with van der Waals surface area (Å²) in [6, 6.07) is 57.9. The molecule has 0 spiro atoms. The number of aryl methyl sites for hydroxylation is 1. The maximum absolute atomic E-state index is 8.46. The SMILES string of the molecule is C[Si](C)(C)c1ccc(-c2[c-]cccc2)nc1.[2H]C([2H])([2H])c1nc2c3cc[c-]c(-c4nc5ccccc5n4-c4c(C(C)C)cc(-c5ccccc5)cc4C(C)C)c3oc2c2c1ccc1ccccc12.[Ir]. The van der Waals surface area contributed by atoms with Crippen LogP contribution in [0.25, 0.3) is 94.1 Å². The second kappa shape index (κ2) is 18.1. The average molecular weight is 1060 g/mol. The molecule has 0 aliphatic carbocycles. The molecule has 0 unspecified atom stereocenters. The fourth-order valence-corrected chi connectivity index (χ4v) is 10.0. The molecule has 329 valence electrons. The molecule has 0 N–H and O–H groups in total. The summed E-state index contributed by atoms with van der Waals surface area (Å²) in [7, 11) is -1.23. The normalized spacial score (nSPS) is 12.7. The molecule has 0 saturated carbocycles. The molecule has 0 bridgehead atoms. The van der Waals surface area contributed by atoms with Crippen LogP contribution in [0.15, 0.2) is 162 Å². The number of fused-ring (bicyclic) bond motifs is 8. The molecule has 5 nitrogen and oxygen atoms in total. The van der Waals surface area contributed by atoms with Crippen LogP contribution in [0, 0.1) is 19.0 Å². The van der Waals surface area contributed by atoms with Crippen molar-refractivity contribution in [3.05, 3.63) is 187 Å². The topological polar surface area (TPSA) is 56.7 Å². The molecule has 0 aliphatic heterocycles. The van der Waals surface area contributed by atoms with E-state index in [1.165, 1.54) is 27.4 Å². The largest absolute Gasteiger partial charge is 0.498 e. The van der Waals surface area contributed by atoms with E-state index in [0.29, 0.717) is 33.5 Å². The van der Waals surface area contributed by atoms with E-state index in [1.807, 2.05) is 97.2 Å². The zero-order chi connectivity index (χ0) is 47.5. The molecule has 4 heterocycles. The van der Waals surface area contributed by atoms with Crippen LogP contribution in [0.4, 0.5) is 0 Å². The predicted octanol–water partition coefficient (Wildman–Crippen LogP) is 15.4. The van der Waals surface area contributed by atoms with Crippen LogP contribution in [-0.4, -0.2) is 27.6 Å². The van der Waals surface area contributed by atoms with Gasteiger partial charge in [0.25, 0.3) is 0 Å². The van der Waals surface area contributed by atoms with E-state index in [-0.39, 0.29) is 37.6 Å². The van der Waals surface area contributed by atoms with Crippen LogP contribution in [0.5, 0.6) is 0 Å². The summed E-state index contributed by atoms with van der Waals surface area (Å²) in [6.45, 7) is 13.5. The smallest absolute Gasteiger partial charge is 0.147 e. The van der Waals surface area contributed by atoms with Crippen molar-refractivity contribution in [1.29, 1.82) is 0 Å². The number of rotatable bonds is 7. The number of hydrogen-bond donors (Lipinski definition) is 0. The van der Waals surface area contributed by atoms with E-state index in [0.717, 1.165) is 49.5 Å². The van der Waals surface area contributed by atoms with Crippen molar-refractivity contribution in [3.8, 4) is 39.5 Å². The Hall–Kier alpha value is -6.50. The van der Waals surface area contributed by atoms with Crippen molar-refractivity contribution >= 4 is 67.9 Å². The molecule has 1 radical (unpaired) electrons. The van der Waals surface area contributed by atoms with Gasteiger partial charge in [-0.1, -0.05) is 144 Å². The Labute approximate surface area is 406 Å². The van der Waals surface area contributed by atoms with Gasteiger partial charge in [-0.05, 0) is 92.2 Å². The fraction of sp³-hybridized carbons (Fsp3) is 0.169. The minimum Gasteiger partial charge on any atom is -0.498 e. The zero-order valence-electron chi connectivity index (χ0n) is 41.2. The van der Waals surface area contributed by atoms with E-state index in [9.17, 15) is 0 Å². The standard InChI is InChI=1S/C45H36N3O.C14H16NSi.Ir/c1-26(2)36-24-31(29-14-7-6-8-15-29)25-37(27(3)4)42(36)48-39-21-12-11-20-38(39)47-45(48)35-19-13-18-34-41-44(49-43(34)35)40-32(28(5)46-41)23-22-30-16-9-10-17-33(30)40;1-16(2,3)13-9-10-14(15-11-13)12-7-5-4-6-8-12;/h6-18,20-27H,1-5H3;4-7,9-11H,1-3H3;/q2*-1;/i5D3;;. The van der Waals surface area contributed by atoms with Gasteiger partial charge in [0.05, 0.1) is 36.0 Å². The predicted molar refractivity (Wildman–Crippen MR) is 275 cm³/mol. The molecular weight excluding hydrogens is 1000 g/mol. The average Bonchev–Trinajstić information content (AvgIpc) is 3.92. The quantitative estimate of drug-likeness (QED) is 0.0907. The van der Waals surface area contributed by atoms with Crippen LogP contribution in [0.2, 0.25) is 19.6 Å². The fourth-order valence-electron chi connectivity index (χ4n) is 8.97. The van der Waals surface area contributed by atoms with Crippen LogP contribution in [0.1, 0.15) is 60.5 Å². The minimum atomic E-state index is -2.43. The maximum Gasteiger partial charge on any atom is 0.147 e. The molecule has 4 aromatic heterocycles. The van der Waals surface area contributed by atoms with Gasteiger partial charge in [-0.2, -0.15) is 0 Å². The Bertz CT molecular complexity index is 3620. The molecule has 0 amide bonds. The van der Waals surface area contributed by atoms with Gasteiger partial charge < -0.3 is 14.0 Å². The van der Waals surface area contributed by atoms with Crippen molar-refractivity contribution in [1.82, 2.24) is 19.5 Å². The Morgan fingerprint density at radius 1 is 0.652 bits per heavy atom. The molecule has 11 aromatic rings. The van der Waals surface area contributed by atoms with Crippen LogP contribution in [-0.2, 0) is 20.1 Å². The summed E-state index contributed by atoms with van der Waals surface area (Å²) in [6.07, 6.45) is 2.02.